The number of benzene rings is 1. The fraction of sp³-hybridized carbons (Fsp3) is 0.467. The van der Waals surface area contributed by atoms with Gasteiger partial charge in [-0.2, -0.15) is 0 Å². The maximum absolute atomic E-state index is 10.1. The second kappa shape index (κ2) is 5.03. The van der Waals surface area contributed by atoms with Gasteiger partial charge in [0.15, 0.2) is 0 Å². The van der Waals surface area contributed by atoms with Gasteiger partial charge in [-0.1, -0.05) is 42.5 Å². The molecule has 2 rings (SSSR count). The summed E-state index contributed by atoms with van der Waals surface area (Å²) in [4.78, 5) is 0. The molecular formula is C15H20O2. The fourth-order valence-corrected chi connectivity index (χ4v) is 2.43. The molecule has 1 heterocycles. The van der Waals surface area contributed by atoms with Gasteiger partial charge in [-0.15, -0.1) is 0 Å². The molecule has 1 aliphatic rings. The van der Waals surface area contributed by atoms with Crippen LogP contribution in [0.2, 0.25) is 0 Å². The van der Waals surface area contributed by atoms with Gasteiger partial charge in [0.05, 0.1) is 17.8 Å². The lowest BCUT2D eigenvalue weighted by atomic mass is 9.89. The van der Waals surface area contributed by atoms with Gasteiger partial charge in [0, 0.05) is 12.8 Å². The minimum Gasteiger partial charge on any atom is -0.390 e. The third-order valence-electron chi connectivity index (χ3n) is 3.08. The third-order valence-corrected chi connectivity index (χ3v) is 3.08. The molecule has 3 atom stereocenters. The molecule has 0 aromatic heterocycles. The van der Waals surface area contributed by atoms with E-state index in [2.05, 4.69) is 18.2 Å². The Morgan fingerprint density at radius 2 is 2.00 bits per heavy atom. The Morgan fingerprint density at radius 1 is 1.29 bits per heavy atom. The fourth-order valence-electron chi connectivity index (χ4n) is 2.43. The number of hydrogen-bond donors (Lipinski definition) is 1. The lowest BCUT2D eigenvalue weighted by Gasteiger charge is -2.36. The molecule has 2 heteroatoms. The molecule has 92 valence electrons. The standard InChI is InChI=1S/C15H20O2/c1-12-10-15(2,16)11-14(17-12)9-8-13-6-4-3-5-7-13/h3-9,12,14,16H,10-11H2,1-2H3/b9-8+/t12-,14+,15-/m1/s1. The average molecular weight is 232 g/mol. The van der Waals surface area contributed by atoms with Crippen molar-refractivity contribution in [3.8, 4) is 0 Å². The van der Waals surface area contributed by atoms with Crippen LogP contribution in [0.3, 0.4) is 0 Å². The molecule has 17 heavy (non-hydrogen) atoms. The number of aliphatic hydroxyl groups is 1. The SMILES string of the molecule is C[C@@H]1C[C@@](C)(O)C[C@H](/C=C/c2ccccc2)O1. The van der Waals surface area contributed by atoms with Crippen molar-refractivity contribution in [1.82, 2.24) is 0 Å². The molecular weight excluding hydrogens is 212 g/mol. The number of rotatable bonds is 2. The highest BCUT2D eigenvalue weighted by Gasteiger charge is 2.33. The summed E-state index contributed by atoms with van der Waals surface area (Å²) in [5.74, 6) is 0. The molecule has 0 radical (unpaired) electrons. The van der Waals surface area contributed by atoms with Crippen LogP contribution in [0, 0.1) is 0 Å². The van der Waals surface area contributed by atoms with Gasteiger partial charge >= 0.3 is 0 Å². The minimum atomic E-state index is -0.608. The first-order valence-corrected chi connectivity index (χ1v) is 6.16. The summed E-state index contributed by atoms with van der Waals surface area (Å²) in [5.41, 5.74) is 0.553. The Bertz CT molecular complexity index is 381. The summed E-state index contributed by atoms with van der Waals surface area (Å²) in [6, 6.07) is 10.1. The van der Waals surface area contributed by atoms with E-state index in [1.165, 1.54) is 0 Å². The van der Waals surface area contributed by atoms with Crippen LogP contribution in [0.4, 0.5) is 0 Å². The van der Waals surface area contributed by atoms with Crippen molar-refractivity contribution in [3.05, 3.63) is 42.0 Å². The van der Waals surface area contributed by atoms with E-state index in [0.717, 1.165) is 5.56 Å². The van der Waals surface area contributed by atoms with Gasteiger partial charge in [-0.05, 0) is 19.4 Å². The Balaban J connectivity index is 2.01. The van der Waals surface area contributed by atoms with Crippen molar-refractivity contribution in [2.75, 3.05) is 0 Å². The monoisotopic (exact) mass is 232 g/mol. The van der Waals surface area contributed by atoms with Gasteiger partial charge in [0.2, 0.25) is 0 Å². The summed E-state index contributed by atoms with van der Waals surface area (Å²) in [6.45, 7) is 3.90. The largest absolute Gasteiger partial charge is 0.390 e. The highest BCUT2D eigenvalue weighted by molar-refractivity contribution is 5.49. The zero-order valence-corrected chi connectivity index (χ0v) is 10.5. The summed E-state index contributed by atoms with van der Waals surface area (Å²) < 4.78 is 5.80. The van der Waals surface area contributed by atoms with Crippen molar-refractivity contribution < 1.29 is 9.84 Å². The van der Waals surface area contributed by atoms with Crippen LogP contribution >= 0.6 is 0 Å². The predicted molar refractivity (Wildman–Crippen MR) is 69.7 cm³/mol. The smallest absolute Gasteiger partial charge is 0.0790 e. The summed E-state index contributed by atoms with van der Waals surface area (Å²) >= 11 is 0. The molecule has 2 nitrogen and oxygen atoms in total. The van der Waals surface area contributed by atoms with E-state index in [1.807, 2.05) is 38.1 Å². The summed E-state index contributed by atoms with van der Waals surface area (Å²) in [7, 11) is 0. The van der Waals surface area contributed by atoms with Gasteiger partial charge in [-0.25, -0.2) is 0 Å². The van der Waals surface area contributed by atoms with Crippen LogP contribution in [0.25, 0.3) is 6.08 Å². The maximum atomic E-state index is 10.1. The highest BCUT2D eigenvalue weighted by atomic mass is 16.5. The van der Waals surface area contributed by atoms with Crippen molar-refractivity contribution >= 4 is 6.08 Å². The molecule has 0 amide bonds. The summed E-state index contributed by atoms with van der Waals surface area (Å²) in [6.07, 6.45) is 5.60. The zero-order valence-electron chi connectivity index (χ0n) is 10.5. The molecule has 0 spiro atoms. The van der Waals surface area contributed by atoms with Gasteiger partial charge in [0.25, 0.3) is 0 Å². The molecule has 0 unspecified atom stereocenters. The van der Waals surface area contributed by atoms with Crippen LogP contribution in [0.5, 0.6) is 0 Å². The van der Waals surface area contributed by atoms with E-state index in [-0.39, 0.29) is 12.2 Å². The first-order chi connectivity index (χ1) is 8.05. The maximum Gasteiger partial charge on any atom is 0.0790 e. The van der Waals surface area contributed by atoms with E-state index < -0.39 is 5.60 Å². The molecule has 1 aliphatic heterocycles. The van der Waals surface area contributed by atoms with Crippen molar-refractivity contribution in [1.29, 1.82) is 0 Å². The van der Waals surface area contributed by atoms with Gasteiger partial charge < -0.3 is 9.84 Å². The zero-order chi connectivity index (χ0) is 12.3. The van der Waals surface area contributed by atoms with Crippen molar-refractivity contribution in [3.63, 3.8) is 0 Å². The average Bonchev–Trinajstić information content (AvgIpc) is 2.25. The Morgan fingerprint density at radius 3 is 2.65 bits per heavy atom. The van der Waals surface area contributed by atoms with E-state index in [0.29, 0.717) is 12.8 Å². The van der Waals surface area contributed by atoms with Crippen LogP contribution < -0.4 is 0 Å². The number of ether oxygens (including phenoxy) is 1. The van der Waals surface area contributed by atoms with E-state index in [1.54, 1.807) is 0 Å². The molecule has 0 saturated carbocycles. The lowest BCUT2D eigenvalue weighted by Crippen LogP contribution is -2.41. The first kappa shape index (κ1) is 12.3. The van der Waals surface area contributed by atoms with Crippen LogP contribution in [-0.2, 0) is 4.74 Å². The Kier molecular flexibility index (Phi) is 3.65. The van der Waals surface area contributed by atoms with E-state index in [4.69, 9.17) is 4.74 Å². The van der Waals surface area contributed by atoms with Crippen LogP contribution in [-0.4, -0.2) is 22.9 Å². The van der Waals surface area contributed by atoms with E-state index >= 15 is 0 Å². The number of hydrogen-bond acceptors (Lipinski definition) is 2. The lowest BCUT2D eigenvalue weighted by molar-refractivity contribution is -0.113. The van der Waals surface area contributed by atoms with Gasteiger partial charge in [-0.3, -0.25) is 0 Å². The molecule has 0 bridgehead atoms. The third kappa shape index (κ3) is 3.69. The first-order valence-electron chi connectivity index (χ1n) is 6.16. The normalized spacial score (nSPS) is 34.1. The second-order valence-corrected chi connectivity index (χ2v) is 5.16. The Hall–Kier alpha value is -1.12. The minimum absolute atomic E-state index is 0.00829. The van der Waals surface area contributed by atoms with Crippen LogP contribution in [0.1, 0.15) is 32.3 Å². The van der Waals surface area contributed by atoms with Crippen molar-refractivity contribution in [2.45, 2.75) is 44.5 Å². The molecule has 1 aromatic rings. The molecule has 1 fully saturated rings. The second-order valence-electron chi connectivity index (χ2n) is 5.16. The molecule has 1 N–H and O–H groups in total. The quantitative estimate of drug-likeness (QED) is 0.849. The molecule has 0 aliphatic carbocycles. The predicted octanol–water partition coefficient (Wildman–Crippen LogP) is 3.02. The molecule has 1 saturated heterocycles. The van der Waals surface area contributed by atoms with Crippen molar-refractivity contribution in [2.24, 2.45) is 0 Å². The van der Waals surface area contributed by atoms with E-state index in [9.17, 15) is 5.11 Å². The highest BCUT2D eigenvalue weighted by Crippen LogP contribution is 2.29. The topological polar surface area (TPSA) is 29.5 Å². The molecule has 1 aromatic carbocycles. The van der Waals surface area contributed by atoms with Crippen LogP contribution in [0.15, 0.2) is 36.4 Å². The Labute approximate surface area is 103 Å². The van der Waals surface area contributed by atoms with Gasteiger partial charge in [0.1, 0.15) is 0 Å². The summed E-state index contributed by atoms with van der Waals surface area (Å²) in [5, 5.41) is 10.1.